The molecule has 0 aromatic rings. The van der Waals surface area contributed by atoms with Gasteiger partial charge >= 0.3 is 23.9 Å². The Balaban J connectivity index is 2.87. The van der Waals surface area contributed by atoms with Gasteiger partial charge in [0.2, 0.25) is 0 Å². The first-order valence-electron chi connectivity index (χ1n) is 13.0. The molecule has 0 bridgehead atoms. The third kappa shape index (κ3) is 6.39. The molecule has 0 heterocycles. The Morgan fingerprint density at radius 3 is 2.13 bits per heavy atom. The summed E-state index contributed by atoms with van der Waals surface area (Å²) >= 11 is 0. The summed E-state index contributed by atoms with van der Waals surface area (Å²) in [5, 5.41) is 22.2. The van der Waals surface area contributed by atoms with Crippen molar-refractivity contribution in [1.29, 1.82) is 0 Å². The highest BCUT2D eigenvalue weighted by Crippen LogP contribution is 2.65. The lowest BCUT2D eigenvalue weighted by Crippen LogP contribution is -2.69. The highest BCUT2D eigenvalue weighted by atomic mass is 16.6. The van der Waals surface area contributed by atoms with E-state index in [4.69, 9.17) is 18.9 Å². The van der Waals surface area contributed by atoms with E-state index in [1.165, 1.54) is 40.7 Å². The zero-order chi connectivity index (χ0) is 29.3. The molecule has 0 radical (unpaired) electrons. The summed E-state index contributed by atoms with van der Waals surface area (Å²) in [5.74, 6) is -3.46. The first-order valence-corrected chi connectivity index (χ1v) is 13.0. The largest absolute Gasteiger partial charge is 0.465 e. The maximum absolute atomic E-state index is 12.4. The Labute approximate surface area is 225 Å². The van der Waals surface area contributed by atoms with Crippen LogP contribution >= 0.6 is 0 Å². The van der Waals surface area contributed by atoms with Crippen LogP contribution in [-0.4, -0.2) is 70.2 Å². The lowest BCUT2D eigenvalue weighted by molar-refractivity contribution is -0.269. The van der Waals surface area contributed by atoms with Gasteiger partial charge in [-0.1, -0.05) is 19.9 Å². The van der Waals surface area contributed by atoms with Crippen molar-refractivity contribution in [3.63, 3.8) is 0 Å². The molecule has 10 heteroatoms. The number of hydrogen-bond donors (Lipinski definition) is 2. The van der Waals surface area contributed by atoms with E-state index in [1.54, 1.807) is 6.92 Å². The molecule has 38 heavy (non-hydrogen) atoms. The van der Waals surface area contributed by atoms with Crippen LogP contribution in [0.5, 0.6) is 0 Å². The molecule has 0 saturated heterocycles. The topological polar surface area (TPSA) is 146 Å². The molecule has 8 unspecified atom stereocenters. The summed E-state index contributed by atoms with van der Waals surface area (Å²) in [6, 6.07) is 0. The molecular formula is C28H44O10. The van der Waals surface area contributed by atoms with E-state index in [0.29, 0.717) is 12.8 Å². The minimum atomic E-state index is -1.64. The third-order valence-electron chi connectivity index (χ3n) is 8.63. The molecule has 216 valence electrons. The second kappa shape index (κ2) is 11.3. The van der Waals surface area contributed by atoms with Gasteiger partial charge in [0.25, 0.3) is 0 Å². The molecule has 0 spiro atoms. The maximum atomic E-state index is 12.4. The molecule has 8 atom stereocenters. The molecular weight excluding hydrogens is 496 g/mol. The maximum Gasteiger partial charge on any atom is 0.303 e. The van der Waals surface area contributed by atoms with Gasteiger partial charge in [-0.15, -0.1) is 6.58 Å². The number of aliphatic hydroxyl groups excluding tert-OH is 1. The van der Waals surface area contributed by atoms with Gasteiger partial charge in [-0.25, -0.2) is 0 Å². The molecule has 2 rings (SSSR count). The second-order valence-corrected chi connectivity index (χ2v) is 11.9. The molecule has 2 saturated carbocycles. The van der Waals surface area contributed by atoms with E-state index >= 15 is 0 Å². The fraction of sp³-hybridized carbons (Fsp3) is 0.786. The van der Waals surface area contributed by atoms with Crippen molar-refractivity contribution in [2.24, 2.45) is 22.7 Å². The predicted molar refractivity (Wildman–Crippen MR) is 136 cm³/mol. The predicted octanol–water partition coefficient (Wildman–Crippen LogP) is 2.87. The molecule has 0 aromatic carbocycles. The van der Waals surface area contributed by atoms with Crippen molar-refractivity contribution < 1.29 is 48.3 Å². The van der Waals surface area contributed by atoms with Gasteiger partial charge in [-0.3, -0.25) is 19.2 Å². The summed E-state index contributed by atoms with van der Waals surface area (Å²) in [4.78, 5) is 48.8. The van der Waals surface area contributed by atoms with Gasteiger partial charge in [0.15, 0.2) is 0 Å². The van der Waals surface area contributed by atoms with E-state index in [1.807, 2.05) is 13.8 Å². The van der Waals surface area contributed by atoms with Crippen LogP contribution < -0.4 is 0 Å². The zero-order valence-electron chi connectivity index (χ0n) is 23.9. The van der Waals surface area contributed by atoms with E-state index < -0.39 is 76.1 Å². The van der Waals surface area contributed by atoms with Crippen molar-refractivity contribution in [2.75, 3.05) is 6.61 Å². The SMILES string of the molecule is C=CC(C)(O)C(CC1C(C)(OC(C)=O)CC(OC(C)=O)C2C(C)(C)C(O)CCC12COC(C)=O)OC(C)=O. The average molecular weight is 541 g/mol. The van der Waals surface area contributed by atoms with Crippen LogP contribution in [-0.2, 0) is 38.1 Å². The van der Waals surface area contributed by atoms with Crippen LogP contribution in [0.3, 0.4) is 0 Å². The van der Waals surface area contributed by atoms with Crippen molar-refractivity contribution >= 4 is 23.9 Å². The van der Waals surface area contributed by atoms with Crippen LogP contribution in [0.4, 0.5) is 0 Å². The smallest absolute Gasteiger partial charge is 0.303 e. The first kappa shape index (κ1) is 31.8. The number of hydrogen-bond acceptors (Lipinski definition) is 10. The fourth-order valence-electron chi connectivity index (χ4n) is 7.09. The molecule has 0 amide bonds. The summed E-state index contributed by atoms with van der Waals surface area (Å²) in [5.41, 5.74) is -4.73. The first-order chi connectivity index (χ1) is 17.3. The van der Waals surface area contributed by atoms with Gasteiger partial charge in [-0.2, -0.15) is 0 Å². The van der Waals surface area contributed by atoms with Crippen molar-refractivity contribution in [1.82, 2.24) is 0 Å². The van der Waals surface area contributed by atoms with E-state index in [2.05, 4.69) is 6.58 Å². The van der Waals surface area contributed by atoms with Crippen molar-refractivity contribution in [3.8, 4) is 0 Å². The van der Waals surface area contributed by atoms with E-state index in [9.17, 15) is 29.4 Å². The van der Waals surface area contributed by atoms with Crippen LogP contribution in [0.15, 0.2) is 12.7 Å². The number of esters is 4. The number of fused-ring (bicyclic) bond motifs is 1. The average Bonchev–Trinajstić information content (AvgIpc) is 2.75. The molecule has 2 aliphatic carbocycles. The van der Waals surface area contributed by atoms with Crippen molar-refractivity contribution in [3.05, 3.63) is 12.7 Å². The molecule has 2 aliphatic rings. The molecule has 2 N–H and O–H groups in total. The van der Waals surface area contributed by atoms with Gasteiger partial charge in [0, 0.05) is 51.4 Å². The number of ether oxygens (including phenoxy) is 4. The van der Waals surface area contributed by atoms with E-state index in [-0.39, 0.29) is 19.4 Å². The minimum Gasteiger partial charge on any atom is -0.465 e. The van der Waals surface area contributed by atoms with Crippen molar-refractivity contribution in [2.45, 2.75) is 111 Å². The van der Waals surface area contributed by atoms with E-state index in [0.717, 1.165) is 0 Å². The molecule has 0 aromatic heterocycles. The lowest BCUT2D eigenvalue weighted by Gasteiger charge is -2.65. The van der Waals surface area contributed by atoms with Gasteiger partial charge < -0.3 is 29.2 Å². The minimum absolute atomic E-state index is 0.0130. The van der Waals surface area contributed by atoms with Crippen LogP contribution in [0.1, 0.15) is 81.1 Å². The Hall–Kier alpha value is -2.46. The highest BCUT2D eigenvalue weighted by molar-refractivity contribution is 5.68. The van der Waals surface area contributed by atoms with Crippen LogP contribution in [0.25, 0.3) is 0 Å². The fourth-order valence-corrected chi connectivity index (χ4v) is 7.09. The lowest BCUT2D eigenvalue weighted by atomic mass is 9.42. The summed E-state index contributed by atoms with van der Waals surface area (Å²) in [7, 11) is 0. The highest BCUT2D eigenvalue weighted by Gasteiger charge is 2.69. The number of rotatable bonds is 9. The number of carbonyl (C=O) groups excluding carboxylic acids is 4. The Morgan fingerprint density at radius 1 is 1.05 bits per heavy atom. The molecule has 2 fully saturated rings. The Morgan fingerprint density at radius 2 is 1.66 bits per heavy atom. The van der Waals surface area contributed by atoms with Crippen LogP contribution in [0.2, 0.25) is 0 Å². The number of aliphatic hydroxyl groups is 2. The van der Waals surface area contributed by atoms with Gasteiger partial charge in [-0.05, 0) is 38.5 Å². The van der Waals surface area contributed by atoms with Gasteiger partial charge in [0.1, 0.15) is 23.4 Å². The quantitative estimate of drug-likeness (QED) is 0.254. The monoisotopic (exact) mass is 540 g/mol. The van der Waals surface area contributed by atoms with Crippen LogP contribution in [0, 0.1) is 22.7 Å². The standard InChI is InChI=1S/C28H44O10/c1-10-26(8,34)23(37-18(4)31)13-21-27(9,38-19(5)32)14-20(36-17(3)30)24-25(6,7)22(33)11-12-28(21,24)15-35-16(2)29/h10,20-24,33-34H,1,11-15H2,2-9H3. The normalized spacial score (nSPS) is 34.5. The molecule has 10 nitrogen and oxygen atoms in total. The molecule has 0 aliphatic heterocycles. The summed E-state index contributed by atoms with van der Waals surface area (Å²) in [6.45, 7) is 15.6. The number of carbonyl (C=O) groups is 4. The summed E-state index contributed by atoms with van der Waals surface area (Å²) in [6.07, 6.45) is -0.595. The summed E-state index contributed by atoms with van der Waals surface area (Å²) < 4.78 is 23.0. The zero-order valence-corrected chi connectivity index (χ0v) is 23.9. The Bertz CT molecular complexity index is 940. The second-order valence-electron chi connectivity index (χ2n) is 11.9. The Kier molecular flexibility index (Phi) is 9.48. The van der Waals surface area contributed by atoms with Gasteiger partial charge in [0.05, 0.1) is 12.7 Å². The third-order valence-corrected chi connectivity index (χ3v) is 8.63.